The van der Waals surface area contributed by atoms with Crippen LogP contribution in [0, 0.1) is 5.41 Å². The summed E-state index contributed by atoms with van der Waals surface area (Å²) in [4.78, 5) is 4.59. The molecule has 2 aliphatic rings. The molecule has 2 saturated carbocycles. The van der Waals surface area contributed by atoms with Crippen molar-refractivity contribution in [3.05, 3.63) is 11.7 Å². The van der Waals surface area contributed by atoms with E-state index in [9.17, 15) is 0 Å². The predicted octanol–water partition coefficient (Wildman–Crippen LogP) is 2.16. The van der Waals surface area contributed by atoms with Gasteiger partial charge in [0.05, 0.1) is 0 Å². The molecule has 0 saturated heterocycles. The van der Waals surface area contributed by atoms with Crippen LogP contribution in [0.25, 0.3) is 0 Å². The fourth-order valence-corrected chi connectivity index (χ4v) is 3.43. The van der Waals surface area contributed by atoms with Crippen molar-refractivity contribution in [1.82, 2.24) is 10.1 Å². The first kappa shape index (κ1) is 13.1. The third-order valence-corrected chi connectivity index (χ3v) is 5.05. The van der Waals surface area contributed by atoms with Crippen LogP contribution in [0.3, 0.4) is 0 Å². The van der Waals surface area contributed by atoms with E-state index in [1.165, 1.54) is 32.1 Å². The molecule has 0 spiro atoms. The summed E-state index contributed by atoms with van der Waals surface area (Å²) in [7, 11) is 1.74. The largest absolute Gasteiger partial charge is 0.370 e. The van der Waals surface area contributed by atoms with Crippen molar-refractivity contribution < 1.29 is 9.26 Å². The van der Waals surface area contributed by atoms with Gasteiger partial charge in [-0.3, -0.25) is 0 Å². The van der Waals surface area contributed by atoms with Crippen molar-refractivity contribution in [2.75, 3.05) is 13.7 Å². The van der Waals surface area contributed by atoms with Crippen LogP contribution in [0.2, 0.25) is 0 Å². The molecule has 1 aromatic heterocycles. The Labute approximate surface area is 113 Å². The Morgan fingerprint density at radius 3 is 2.47 bits per heavy atom. The van der Waals surface area contributed by atoms with Gasteiger partial charge in [0.25, 0.3) is 0 Å². The molecule has 3 rings (SSSR count). The predicted molar refractivity (Wildman–Crippen MR) is 70.5 cm³/mol. The summed E-state index contributed by atoms with van der Waals surface area (Å²) < 4.78 is 11.1. The lowest BCUT2D eigenvalue weighted by Crippen LogP contribution is -2.39. The first-order valence-corrected chi connectivity index (χ1v) is 7.30. The van der Waals surface area contributed by atoms with Crippen LogP contribution in [-0.4, -0.2) is 23.8 Å². The molecule has 106 valence electrons. The lowest BCUT2D eigenvalue weighted by atomic mass is 9.67. The maximum atomic E-state index is 5.88. The van der Waals surface area contributed by atoms with Crippen LogP contribution >= 0.6 is 0 Å². The van der Waals surface area contributed by atoms with E-state index in [1.807, 2.05) is 0 Å². The van der Waals surface area contributed by atoms with Crippen molar-refractivity contribution in [1.29, 1.82) is 0 Å². The van der Waals surface area contributed by atoms with Gasteiger partial charge in [0.2, 0.25) is 11.7 Å². The Kier molecular flexibility index (Phi) is 3.35. The minimum absolute atomic E-state index is 0.208. The smallest absolute Gasteiger partial charge is 0.227 e. The summed E-state index contributed by atoms with van der Waals surface area (Å²) >= 11 is 0. The monoisotopic (exact) mass is 265 g/mol. The minimum Gasteiger partial charge on any atom is -0.370 e. The number of hydrogen-bond donors (Lipinski definition) is 1. The van der Waals surface area contributed by atoms with Crippen LogP contribution in [0.4, 0.5) is 0 Å². The van der Waals surface area contributed by atoms with E-state index < -0.39 is 0 Å². The zero-order valence-corrected chi connectivity index (χ0v) is 11.7. The highest BCUT2D eigenvalue weighted by atomic mass is 16.5. The second kappa shape index (κ2) is 4.87. The van der Waals surface area contributed by atoms with Crippen molar-refractivity contribution >= 4 is 0 Å². The number of ether oxygens (including phenoxy) is 1. The lowest BCUT2D eigenvalue weighted by Gasteiger charge is -2.39. The molecule has 2 aliphatic carbocycles. The Hall–Kier alpha value is -0.940. The first-order chi connectivity index (χ1) is 9.22. The quantitative estimate of drug-likeness (QED) is 0.883. The van der Waals surface area contributed by atoms with E-state index in [1.54, 1.807) is 7.11 Å². The van der Waals surface area contributed by atoms with Gasteiger partial charge in [-0.15, -0.1) is 0 Å². The molecule has 2 fully saturated rings. The summed E-state index contributed by atoms with van der Waals surface area (Å²) in [6, 6.07) is 0. The maximum absolute atomic E-state index is 5.88. The molecular formula is C14H23N3O2. The fourth-order valence-electron chi connectivity index (χ4n) is 3.43. The summed E-state index contributed by atoms with van der Waals surface area (Å²) in [6.45, 7) is 0.708. The summed E-state index contributed by atoms with van der Waals surface area (Å²) in [6.07, 6.45) is 8.76. The highest BCUT2D eigenvalue weighted by Crippen LogP contribution is 2.43. The number of hydrogen-bond acceptors (Lipinski definition) is 5. The molecule has 0 amide bonds. The lowest BCUT2D eigenvalue weighted by molar-refractivity contribution is -0.0178. The van der Waals surface area contributed by atoms with E-state index in [2.05, 4.69) is 10.1 Å². The van der Waals surface area contributed by atoms with Gasteiger partial charge in [-0.05, 0) is 50.5 Å². The number of nitrogens with two attached hydrogens (primary N) is 1. The molecular weight excluding hydrogens is 242 g/mol. The second-order valence-electron chi connectivity index (χ2n) is 6.15. The average Bonchev–Trinajstić information content (AvgIpc) is 3.03. The van der Waals surface area contributed by atoms with E-state index in [4.69, 9.17) is 15.0 Å². The summed E-state index contributed by atoms with van der Waals surface area (Å²) in [5, 5.41) is 4.17. The van der Waals surface area contributed by atoms with Crippen molar-refractivity contribution in [2.24, 2.45) is 11.1 Å². The van der Waals surface area contributed by atoms with E-state index in [0.29, 0.717) is 6.54 Å². The molecule has 0 unspecified atom stereocenters. The maximum Gasteiger partial charge on any atom is 0.227 e. The topological polar surface area (TPSA) is 74.2 Å². The van der Waals surface area contributed by atoms with Crippen LogP contribution < -0.4 is 5.73 Å². The van der Waals surface area contributed by atoms with Gasteiger partial charge in [0, 0.05) is 13.5 Å². The van der Waals surface area contributed by atoms with Crippen LogP contribution in [0.1, 0.15) is 56.7 Å². The van der Waals surface area contributed by atoms with Gasteiger partial charge in [-0.2, -0.15) is 4.98 Å². The molecule has 5 nitrogen and oxygen atoms in total. The first-order valence-electron chi connectivity index (χ1n) is 7.30. The number of nitrogens with zero attached hydrogens (tertiary/aromatic N) is 2. The molecule has 1 aromatic rings. The molecule has 0 atom stereocenters. The van der Waals surface area contributed by atoms with Crippen molar-refractivity contribution in [3.8, 4) is 0 Å². The van der Waals surface area contributed by atoms with Crippen LogP contribution in [0.5, 0.6) is 0 Å². The third kappa shape index (κ3) is 2.19. The number of aromatic nitrogens is 2. The van der Waals surface area contributed by atoms with Gasteiger partial charge in [-0.25, -0.2) is 0 Å². The van der Waals surface area contributed by atoms with E-state index in [-0.39, 0.29) is 11.0 Å². The molecule has 0 aliphatic heterocycles. The minimum atomic E-state index is -0.308. The Morgan fingerprint density at radius 2 is 1.95 bits per heavy atom. The summed E-state index contributed by atoms with van der Waals surface area (Å²) in [5.74, 6) is 1.46. The summed E-state index contributed by atoms with van der Waals surface area (Å²) in [5.41, 5.74) is 5.78. The zero-order chi connectivity index (χ0) is 13.3. The van der Waals surface area contributed by atoms with Gasteiger partial charge in [-0.1, -0.05) is 11.6 Å². The fraction of sp³-hybridized carbons (Fsp3) is 0.857. The van der Waals surface area contributed by atoms with E-state index >= 15 is 0 Å². The van der Waals surface area contributed by atoms with Crippen LogP contribution in [-0.2, 0) is 16.8 Å². The van der Waals surface area contributed by atoms with E-state index in [0.717, 1.165) is 31.0 Å². The highest BCUT2D eigenvalue weighted by Gasteiger charge is 2.42. The second-order valence-corrected chi connectivity index (χ2v) is 6.15. The third-order valence-electron chi connectivity index (χ3n) is 5.05. The Morgan fingerprint density at radius 1 is 1.21 bits per heavy atom. The van der Waals surface area contributed by atoms with Gasteiger partial charge >= 0.3 is 0 Å². The molecule has 0 aromatic carbocycles. The number of rotatable bonds is 5. The molecule has 0 bridgehead atoms. The van der Waals surface area contributed by atoms with Gasteiger partial charge < -0.3 is 15.0 Å². The molecule has 5 heteroatoms. The molecule has 19 heavy (non-hydrogen) atoms. The standard InChI is InChI=1S/C14H23N3O2/c1-18-14(7-2-3-8-14)12-16-11(19-17-12)9-13(10-15)5-4-6-13/h2-10,15H2,1H3. The Balaban J connectivity index is 1.75. The van der Waals surface area contributed by atoms with Crippen molar-refractivity contribution in [2.45, 2.75) is 57.0 Å². The number of methoxy groups -OCH3 is 1. The normalized spacial score (nSPS) is 24.3. The van der Waals surface area contributed by atoms with Crippen molar-refractivity contribution in [3.63, 3.8) is 0 Å². The highest BCUT2D eigenvalue weighted by molar-refractivity contribution is 5.06. The van der Waals surface area contributed by atoms with Gasteiger partial charge in [0.15, 0.2) is 0 Å². The zero-order valence-electron chi connectivity index (χ0n) is 11.7. The SMILES string of the molecule is COC1(c2noc(CC3(CN)CCC3)n2)CCCC1. The average molecular weight is 265 g/mol. The van der Waals surface area contributed by atoms with Gasteiger partial charge in [0.1, 0.15) is 5.60 Å². The molecule has 2 N–H and O–H groups in total. The van der Waals surface area contributed by atoms with Crippen LogP contribution in [0.15, 0.2) is 4.52 Å². The molecule has 0 radical (unpaired) electrons. The Bertz CT molecular complexity index is 428. The molecule has 1 heterocycles.